The van der Waals surface area contributed by atoms with E-state index in [2.05, 4.69) is 42.1 Å². The van der Waals surface area contributed by atoms with E-state index in [1.807, 2.05) is 12.1 Å². The number of nitrogens with one attached hydrogen (secondary N) is 1. The highest BCUT2D eigenvalue weighted by molar-refractivity contribution is 6.07. The molecule has 24 heavy (non-hydrogen) atoms. The van der Waals surface area contributed by atoms with Gasteiger partial charge in [-0.25, -0.2) is 0 Å². The van der Waals surface area contributed by atoms with Crippen LogP contribution >= 0.6 is 0 Å². The highest BCUT2D eigenvalue weighted by atomic mass is 16.5. The smallest absolute Gasteiger partial charge is 0.238 e. The summed E-state index contributed by atoms with van der Waals surface area (Å²) in [6, 6.07) is 8.64. The molecule has 7 atom stereocenters. The first-order valence-electron chi connectivity index (χ1n) is 9.01. The van der Waals surface area contributed by atoms with Gasteiger partial charge in [0.2, 0.25) is 5.91 Å². The fraction of sp³-hybridized carbons (Fsp3) is 0.550. The fourth-order valence-corrected chi connectivity index (χ4v) is 7.38. The molecule has 2 saturated heterocycles. The Kier molecular flexibility index (Phi) is 2.24. The Balaban J connectivity index is 1.69. The van der Waals surface area contributed by atoms with Crippen LogP contribution in [0.3, 0.4) is 0 Å². The van der Waals surface area contributed by atoms with Gasteiger partial charge in [0.25, 0.3) is 0 Å². The average molecular weight is 322 g/mol. The van der Waals surface area contributed by atoms with Crippen molar-refractivity contribution >= 4 is 11.6 Å². The number of carbonyl (C=O) groups is 1. The maximum absolute atomic E-state index is 13.4. The fourth-order valence-electron chi connectivity index (χ4n) is 7.38. The molecule has 1 N–H and O–H groups in total. The lowest BCUT2D eigenvalue weighted by Gasteiger charge is -2.54. The van der Waals surface area contributed by atoms with Gasteiger partial charge in [-0.15, -0.1) is 6.58 Å². The number of piperidine rings is 1. The minimum atomic E-state index is -0.554. The molecule has 4 fully saturated rings. The molecular formula is C20H22N2O2. The number of hydrogen-bond acceptors (Lipinski definition) is 3. The number of nitrogens with zero attached hydrogens (tertiary/aromatic N) is 1. The van der Waals surface area contributed by atoms with E-state index in [1.165, 1.54) is 0 Å². The van der Waals surface area contributed by atoms with Crippen LogP contribution in [0.1, 0.15) is 12.0 Å². The Morgan fingerprint density at radius 1 is 1.42 bits per heavy atom. The molecule has 1 amide bonds. The molecular weight excluding hydrogens is 300 g/mol. The zero-order chi connectivity index (χ0) is 16.3. The van der Waals surface area contributed by atoms with Crippen molar-refractivity contribution in [3.63, 3.8) is 0 Å². The molecule has 3 aliphatic heterocycles. The normalized spacial score (nSPS) is 50.4. The van der Waals surface area contributed by atoms with Crippen molar-refractivity contribution in [2.24, 2.45) is 23.2 Å². The molecule has 2 aliphatic carbocycles. The second-order valence-corrected chi connectivity index (χ2v) is 8.40. The predicted octanol–water partition coefficient (Wildman–Crippen LogP) is 2.03. The number of benzene rings is 1. The molecule has 4 heteroatoms. The first-order chi connectivity index (χ1) is 11.6. The second-order valence-electron chi connectivity index (χ2n) is 8.40. The van der Waals surface area contributed by atoms with E-state index in [0.717, 1.165) is 30.8 Å². The molecule has 0 aromatic heterocycles. The number of fused-ring (bicyclic) bond motifs is 5. The van der Waals surface area contributed by atoms with Gasteiger partial charge in [-0.05, 0) is 31.0 Å². The SMILES string of the molecule is C=C[C@]12CN(C)[C@@H]3[C@H]4CO[C@H](C[C@H]41)[C@]1(C(=O)Nc4ccccc41)[C@@H]32. The van der Waals surface area contributed by atoms with E-state index in [0.29, 0.717) is 17.9 Å². The number of ether oxygens (including phenoxy) is 1. The summed E-state index contributed by atoms with van der Waals surface area (Å²) in [5.41, 5.74) is 1.61. The van der Waals surface area contributed by atoms with Crippen molar-refractivity contribution in [1.82, 2.24) is 4.90 Å². The third-order valence-electron chi connectivity index (χ3n) is 7.93. The minimum Gasteiger partial charge on any atom is -0.376 e. The molecule has 6 rings (SSSR count). The lowest BCUT2D eigenvalue weighted by Crippen LogP contribution is -2.62. The van der Waals surface area contributed by atoms with Crippen LogP contribution < -0.4 is 5.32 Å². The summed E-state index contributed by atoms with van der Waals surface area (Å²) < 4.78 is 6.34. The first kappa shape index (κ1) is 13.6. The average Bonchev–Trinajstić information content (AvgIpc) is 3.08. The molecule has 5 bridgehead atoms. The summed E-state index contributed by atoms with van der Waals surface area (Å²) in [6.07, 6.45) is 3.17. The molecule has 0 radical (unpaired) electrons. The zero-order valence-corrected chi connectivity index (χ0v) is 13.9. The van der Waals surface area contributed by atoms with Gasteiger partial charge in [-0.2, -0.15) is 0 Å². The molecule has 1 aromatic carbocycles. The highest BCUT2D eigenvalue weighted by Crippen LogP contribution is 2.73. The van der Waals surface area contributed by atoms with Crippen LogP contribution in [0, 0.1) is 23.2 Å². The van der Waals surface area contributed by atoms with Gasteiger partial charge >= 0.3 is 0 Å². The number of hydrogen-bond donors (Lipinski definition) is 1. The van der Waals surface area contributed by atoms with Crippen LogP contribution in [0.15, 0.2) is 36.9 Å². The molecule has 3 heterocycles. The van der Waals surface area contributed by atoms with Crippen molar-refractivity contribution in [1.29, 1.82) is 0 Å². The van der Waals surface area contributed by atoms with Gasteiger partial charge < -0.3 is 15.0 Å². The maximum atomic E-state index is 13.4. The topological polar surface area (TPSA) is 41.6 Å². The Morgan fingerprint density at radius 3 is 3.08 bits per heavy atom. The predicted molar refractivity (Wildman–Crippen MR) is 90.6 cm³/mol. The van der Waals surface area contributed by atoms with E-state index in [4.69, 9.17) is 4.74 Å². The lowest BCUT2D eigenvalue weighted by molar-refractivity contribution is -0.153. The van der Waals surface area contributed by atoms with Crippen LogP contribution in [-0.4, -0.2) is 43.2 Å². The van der Waals surface area contributed by atoms with E-state index in [-0.39, 0.29) is 23.3 Å². The molecule has 0 unspecified atom stereocenters. The quantitative estimate of drug-likeness (QED) is 0.805. The molecule has 124 valence electrons. The van der Waals surface area contributed by atoms with Crippen LogP contribution in [0.5, 0.6) is 0 Å². The Labute approximate surface area is 141 Å². The largest absolute Gasteiger partial charge is 0.376 e. The van der Waals surface area contributed by atoms with Gasteiger partial charge in [-0.1, -0.05) is 24.3 Å². The number of para-hydroxylation sites is 1. The second kappa shape index (κ2) is 3.94. The maximum Gasteiger partial charge on any atom is 0.238 e. The van der Waals surface area contributed by atoms with Crippen LogP contribution in [0.2, 0.25) is 0 Å². The standard InChI is InChI=1S/C20H22N2O2/c1-3-19-10-22(2)16-11-9-24-15(8-13(11)19)20(17(16)19)12-6-4-5-7-14(12)21-18(20)23/h3-7,11,13,15-17H,1,8-10H2,2H3,(H,21,23)/t11-,13+,15+,16+,17-,19-,20-/m0/s1. The summed E-state index contributed by atoms with van der Waals surface area (Å²) in [4.78, 5) is 15.9. The summed E-state index contributed by atoms with van der Waals surface area (Å²) >= 11 is 0. The molecule has 4 nitrogen and oxygen atoms in total. The number of likely N-dealkylation sites (tertiary alicyclic amines) is 1. The van der Waals surface area contributed by atoms with E-state index >= 15 is 0 Å². The van der Waals surface area contributed by atoms with Crippen molar-refractivity contribution < 1.29 is 9.53 Å². The van der Waals surface area contributed by atoms with Crippen LogP contribution in [-0.2, 0) is 14.9 Å². The molecule has 1 spiro atoms. The van der Waals surface area contributed by atoms with Crippen LogP contribution in [0.4, 0.5) is 5.69 Å². The Hall–Kier alpha value is -1.65. The first-order valence-corrected chi connectivity index (χ1v) is 9.01. The molecule has 5 aliphatic rings. The van der Waals surface area contributed by atoms with Gasteiger partial charge in [-0.3, -0.25) is 4.79 Å². The number of rotatable bonds is 1. The van der Waals surface area contributed by atoms with Crippen molar-refractivity contribution in [3.8, 4) is 0 Å². The summed E-state index contributed by atoms with van der Waals surface area (Å²) in [5, 5.41) is 3.18. The number of amides is 1. The van der Waals surface area contributed by atoms with Crippen molar-refractivity contribution in [2.45, 2.75) is 24.0 Å². The monoisotopic (exact) mass is 322 g/mol. The van der Waals surface area contributed by atoms with Crippen LogP contribution in [0.25, 0.3) is 0 Å². The van der Waals surface area contributed by atoms with Gasteiger partial charge in [0.05, 0.1) is 12.7 Å². The third-order valence-corrected chi connectivity index (χ3v) is 7.93. The van der Waals surface area contributed by atoms with Crippen molar-refractivity contribution in [2.75, 3.05) is 25.5 Å². The van der Waals surface area contributed by atoms with Gasteiger partial charge in [0.15, 0.2) is 0 Å². The lowest BCUT2D eigenvalue weighted by atomic mass is 9.51. The molecule has 2 saturated carbocycles. The Morgan fingerprint density at radius 2 is 2.25 bits per heavy atom. The Bertz CT molecular complexity index is 792. The summed E-state index contributed by atoms with van der Waals surface area (Å²) in [5.74, 6) is 1.56. The van der Waals surface area contributed by atoms with E-state index < -0.39 is 5.41 Å². The zero-order valence-electron chi connectivity index (χ0n) is 13.9. The third kappa shape index (κ3) is 1.12. The van der Waals surface area contributed by atoms with Gasteiger partial charge in [0, 0.05) is 35.5 Å². The minimum absolute atomic E-state index is 0.00280. The highest BCUT2D eigenvalue weighted by Gasteiger charge is 2.79. The number of anilines is 1. The summed E-state index contributed by atoms with van der Waals surface area (Å²) in [7, 11) is 2.21. The number of carbonyl (C=O) groups excluding carboxylic acids is 1. The van der Waals surface area contributed by atoms with E-state index in [9.17, 15) is 4.79 Å². The van der Waals surface area contributed by atoms with Gasteiger partial charge in [0.1, 0.15) is 5.41 Å². The molecule has 1 aromatic rings. The summed E-state index contributed by atoms with van der Waals surface area (Å²) in [6.45, 7) is 6.06. The van der Waals surface area contributed by atoms with E-state index in [1.54, 1.807) is 0 Å². The van der Waals surface area contributed by atoms with Crippen molar-refractivity contribution in [3.05, 3.63) is 42.5 Å².